The van der Waals surface area contributed by atoms with E-state index < -0.39 is 10.0 Å². The lowest BCUT2D eigenvalue weighted by atomic mass is 10.0. The van der Waals surface area contributed by atoms with Crippen molar-refractivity contribution in [3.05, 3.63) is 53.6 Å². The fourth-order valence-corrected chi connectivity index (χ4v) is 5.17. The minimum Gasteiger partial charge on any atom is -0.486 e. The molecule has 25 heavy (non-hydrogen) atoms. The largest absolute Gasteiger partial charge is 0.486 e. The Bertz CT molecular complexity index is 877. The first-order valence-electron chi connectivity index (χ1n) is 8.54. The van der Waals surface area contributed by atoms with Crippen molar-refractivity contribution in [2.24, 2.45) is 0 Å². The zero-order valence-electron chi connectivity index (χ0n) is 14.1. The summed E-state index contributed by atoms with van der Waals surface area (Å²) < 4.78 is 39.0. The van der Waals surface area contributed by atoms with Crippen LogP contribution >= 0.6 is 0 Å². The molecular weight excluding hydrogens is 338 g/mol. The van der Waals surface area contributed by atoms with Crippen LogP contribution in [0.15, 0.2) is 47.4 Å². The number of aryl methyl sites for hydroxylation is 1. The van der Waals surface area contributed by atoms with E-state index in [2.05, 4.69) is 0 Å². The van der Waals surface area contributed by atoms with Crippen LogP contribution in [0.3, 0.4) is 0 Å². The van der Waals surface area contributed by atoms with Gasteiger partial charge in [0.05, 0.1) is 10.9 Å². The Morgan fingerprint density at radius 2 is 1.72 bits per heavy atom. The second-order valence-corrected chi connectivity index (χ2v) is 8.38. The van der Waals surface area contributed by atoms with Crippen molar-refractivity contribution >= 4 is 10.0 Å². The molecular formula is C19H21NO4S. The Morgan fingerprint density at radius 3 is 2.48 bits per heavy atom. The number of sulfonamides is 1. The van der Waals surface area contributed by atoms with Gasteiger partial charge in [0.1, 0.15) is 13.2 Å². The summed E-state index contributed by atoms with van der Waals surface area (Å²) in [7, 11) is -3.58. The minimum atomic E-state index is -3.58. The highest BCUT2D eigenvalue weighted by atomic mass is 32.2. The molecule has 0 spiro atoms. The molecule has 132 valence electrons. The lowest BCUT2D eigenvalue weighted by Gasteiger charge is -2.25. The first-order chi connectivity index (χ1) is 12.1. The SMILES string of the molecule is Cc1ccc([C@@H]2CCCN2S(=O)(=O)c2ccc3c(c2)OCCO3)cc1. The van der Waals surface area contributed by atoms with E-state index in [0.717, 1.165) is 18.4 Å². The zero-order chi connectivity index (χ0) is 17.4. The van der Waals surface area contributed by atoms with Gasteiger partial charge in [-0.05, 0) is 37.5 Å². The van der Waals surface area contributed by atoms with E-state index in [1.807, 2.05) is 31.2 Å². The molecule has 0 aromatic heterocycles. The third kappa shape index (κ3) is 3.00. The van der Waals surface area contributed by atoms with Crippen LogP contribution in [-0.2, 0) is 10.0 Å². The molecule has 4 rings (SSSR count). The predicted octanol–water partition coefficient (Wildman–Crippen LogP) is 3.29. The Morgan fingerprint density at radius 1 is 1.00 bits per heavy atom. The highest BCUT2D eigenvalue weighted by Gasteiger charge is 2.36. The predicted molar refractivity (Wildman–Crippen MR) is 94.5 cm³/mol. The number of benzene rings is 2. The van der Waals surface area contributed by atoms with Crippen molar-refractivity contribution in [2.75, 3.05) is 19.8 Å². The van der Waals surface area contributed by atoms with Gasteiger partial charge in [0, 0.05) is 12.6 Å². The number of rotatable bonds is 3. The second kappa shape index (κ2) is 6.35. The smallest absolute Gasteiger partial charge is 0.243 e. The summed E-state index contributed by atoms with van der Waals surface area (Å²) in [6.45, 7) is 3.49. The maximum Gasteiger partial charge on any atom is 0.243 e. The summed E-state index contributed by atoms with van der Waals surface area (Å²) in [5, 5.41) is 0. The Labute approximate surface area is 148 Å². The van der Waals surface area contributed by atoms with Crippen molar-refractivity contribution in [3.8, 4) is 11.5 Å². The van der Waals surface area contributed by atoms with E-state index in [4.69, 9.17) is 9.47 Å². The minimum absolute atomic E-state index is 0.112. The van der Waals surface area contributed by atoms with E-state index in [1.165, 1.54) is 5.56 Å². The molecule has 1 atom stereocenters. The number of fused-ring (bicyclic) bond motifs is 1. The third-order valence-corrected chi connectivity index (χ3v) is 6.69. The van der Waals surface area contributed by atoms with Gasteiger partial charge in [-0.15, -0.1) is 0 Å². The topological polar surface area (TPSA) is 55.8 Å². The van der Waals surface area contributed by atoms with Crippen LogP contribution in [0.1, 0.15) is 30.0 Å². The fourth-order valence-electron chi connectivity index (χ4n) is 3.47. The van der Waals surface area contributed by atoms with E-state index >= 15 is 0 Å². The molecule has 0 aliphatic carbocycles. The molecule has 1 saturated heterocycles. The normalized spacial score (nSPS) is 20.6. The average molecular weight is 359 g/mol. The first-order valence-corrected chi connectivity index (χ1v) is 9.98. The molecule has 0 unspecified atom stereocenters. The molecule has 0 saturated carbocycles. The highest BCUT2D eigenvalue weighted by Crippen LogP contribution is 2.39. The summed E-state index contributed by atoms with van der Waals surface area (Å²) in [6.07, 6.45) is 1.70. The van der Waals surface area contributed by atoms with Crippen LogP contribution in [0, 0.1) is 6.92 Å². The molecule has 2 aliphatic heterocycles. The molecule has 6 heteroatoms. The molecule has 2 heterocycles. The molecule has 1 fully saturated rings. The highest BCUT2D eigenvalue weighted by molar-refractivity contribution is 7.89. The van der Waals surface area contributed by atoms with Gasteiger partial charge < -0.3 is 9.47 Å². The third-order valence-electron chi connectivity index (χ3n) is 4.79. The van der Waals surface area contributed by atoms with Gasteiger partial charge in [0.15, 0.2) is 11.5 Å². The van der Waals surface area contributed by atoms with Gasteiger partial charge in [-0.3, -0.25) is 0 Å². The van der Waals surface area contributed by atoms with Crippen molar-refractivity contribution < 1.29 is 17.9 Å². The van der Waals surface area contributed by atoms with E-state index in [9.17, 15) is 8.42 Å². The van der Waals surface area contributed by atoms with Crippen LogP contribution in [0.25, 0.3) is 0 Å². The Kier molecular flexibility index (Phi) is 4.17. The summed E-state index contributed by atoms with van der Waals surface area (Å²) >= 11 is 0. The van der Waals surface area contributed by atoms with Gasteiger partial charge in [0.2, 0.25) is 10.0 Å². The van der Waals surface area contributed by atoms with Crippen LogP contribution in [0.5, 0.6) is 11.5 Å². The number of nitrogens with zero attached hydrogens (tertiary/aromatic N) is 1. The van der Waals surface area contributed by atoms with E-state index in [1.54, 1.807) is 22.5 Å². The van der Waals surface area contributed by atoms with Crippen LogP contribution in [0.4, 0.5) is 0 Å². The van der Waals surface area contributed by atoms with Gasteiger partial charge in [0.25, 0.3) is 0 Å². The van der Waals surface area contributed by atoms with Crippen molar-refractivity contribution in [2.45, 2.75) is 30.7 Å². The monoisotopic (exact) mass is 359 g/mol. The summed E-state index contributed by atoms with van der Waals surface area (Å²) in [4.78, 5) is 0.260. The maximum atomic E-state index is 13.2. The molecule has 2 aromatic carbocycles. The molecule has 0 N–H and O–H groups in total. The quantitative estimate of drug-likeness (QED) is 0.844. The van der Waals surface area contributed by atoms with Crippen molar-refractivity contribution in [3.63, 3.8) is 0 Å². The van der Waals surface area contributed by atoms with E-state index in [-0.39, 0.29) is 10.9 Å². The van der Waals surface area contributed by atoms with Crippen LogP contribution in [0.2, 0.25) is 0 Å². The average Bonchev–Trinajstić information content (AvgIpc) is 3.12. The fraction of sp³-hybridized carbons (Fsp3) is 0.368. The Balaban J connectivity index is 1.68. The maximum absolute atomic E-state index is 13.2. The van der Waals surface area contributed by atoms with Crippen molar-refractivity contribution in [1.29, 1.82) is 0 Å². The molecule has 0 amide bonds. The van der Waals surface area contributed by atoms with Crippen LogP contribution < -0.4 is 9.47 Å². The van der Waals surface area contributed by atoms with Gasteiger partial charge in [-0.25, -0.2) is 8.42 Å². The summed E-state index contributed by atoms with van der Waals surface area (Å²) in [5.74, 6) is 1.10. The van der Waals surface area contributed by atoms with Gasteiger partial charge >= 0.3 is 0 Å². The lowest BCUT2D eigenvalue weighted by Crippen LogP contribution is -2.30. The molecule has 0 bridgehead atoms. The Hall–Kier alpha value is -2.05. The van der Waals surface area contributed by atoms with Gasteiger partial charge in [-0.2, -0.15) is 4.31 Å². The molecule has 5 nitrogen and oxygen atoms in total. The number of ether oxygens (including phenoxy) is 2. The standard InChI is InChI=1S/C19H21NO4S/c1-14-4-6-15(7-5-14)17-3-2-10-20(17)25(21,22)16-8-9-18-19(13-16)24-12-11-23-18/h4-9,13,17H,2-3,10-12H2,1H3/t17-/m0/s1. The van der Waals surface area contributed by atoms with Crippen LogP contribution in [-0.4, -0.2) is 32.5 Å². The molecule has 2 aromatic rings. The second-order valence-electron chi connectivity index (χ2n) is 6.49. The molecule has 0 radical (unpaired) electrons. The summed E-state index contributed by atoms with van der Waals surface area (Å²) in [6, 6.07) is 12.9. The lowest BCUT2D eigenvalue weighted by molar-refractivity contribution is 0.171. The first kappa shape index (κ1) is 16.4. The molecule has 2 aliphatic rings. The summed E-state index contributed by atoms with van der Waals surface area (Å²) in [5.41, 5.74) is 2.22. The van der Waals surface area contributed by atoms with Crippen molar-refractivity contribution in [1.82, 2.24) is 4.31 Å². The van der Waals surface area contributed by atoms with Gasteiger partial charge in [-0.1, -0.05) is 29.8 Å². The number of hydrogen-bond acceptors (Lipinski definition) is 4. The van der Waals surface area contributed by atoms with E-state index in [0.29, 0.717) is 31.3 Å². The number of hydrogen-bond donors (Lipinski definition) is 0. The zero-order valence-corrected chi connectivity index (χ0v) is 15.0.